The van der Waals surface area contributed by atoms with Gasteiger partial charge in [0.25, 0.3) is 0 Å². The Hall–Kier alpha value is -2.04. The average Bonchev–Trinajstić information content (AvgIpc) is 2.36. The van der Waals surface area contributed by atoms with Gasteiger partial charge in [0.05, 0.1) is 13.5 Å². The van der Waals surface area contributed by atoms with Gasteiger partial charge in [-0.05, 0) is 12.1 Å². The van der Waals surface area contributed by atoms with Crippen LogP contribution in [0.5, 0.6) is 0 Å². The minimum Gasteiger partial charge on any atom is -0.469 e. The van der Waals surface area contributed by atoms with Crippen LogP contribution in [-0.4, -0.2) is 18.1 Å². The molecule has 0 unspecified atom stereocenters. The fourth-order valence-electron chi connectivity index (χ4n) is 1.79. The van der Waals surface area contributed by atoms with E-state index in [9.17, 15) is 13.6 Å². The van der Waals surface area contributed by atoms with E-state index in [1.54, 1.807) is 0 Å². The van der Waals surface area contributed by atoms with Crippen LogP contribution in [0.25, 0.3) is 10.8 Å². The third-order valence-corrected chi connectivity index (χ3v) is 2.67. The lowest BCUT2D eigenvalue weighted by atomic mass is 10.1. The minimum absolute atomic E-state index is 0.126. The predicted octanol–water partition coefficient (Wildman–Crippen LogP) is 2.62. The quantitative estimate of drug-likeness (QED) is 0.787. The van der Waals surface area contributed by atoms with Gasteiger partial charge < -0.3 is 4.74 Å². The Balaban J connectivity index is 2.41. The number of ether oxygens (including phenoxy) is 1. The monoisotopic (exact) mass is 251 g/mol. The number of aryl methyl sites for hydroxylation is 1. The van der Waals surface area contributed by atoms with E-state index in [0.29, 0.717) is 16.5 Å². The Morgan fingerprint density at radius 3 is 2.83 bits per heavy atom. The number of aromatic nitrogens is 1. The number of carbonyl (C=O) groups excluding carboxylic acids is 1. The Bertz CT molecular complexity index is 599. The first kappa shape index (κ1) is 12.4. The van der Waals surface area contributed by atoms with Crippen molar-refractivity contribution in [3.05, 3.63) is 41.7 Å². The summed E-state index contributed by atoms with van der Waals surface area (Å²) in [6.07, 6.45) is 1.85. The van der Waals surface area contributed by atoms with Crippen molar-refractivity contribution in [2.24, 2.45) is 0 Å². The van der Waals surface area contributed by atoms with Crippen LogP contribution in [0.2, 0.25) is 0 Å². The molecule has 94 valence electrons. The second-order valence-corrected chi connectivity index (χ2v) is 3.82. The molecule has 0 aliphatic heterocycles. The van der Waals surface area contributed by atoms with Crippen molar-refractivity contribution in [1.29, 1.82) is 0 Å². The lowest BCUT2D eigenvalue weighted by molar-refractivity contribution is -0.140. The van der Waals surface area contributed by atoms with Crippen LogP contribution >= 0.6 is 0 Å². The fourth-order valence-corrected chi connectivity index (χ4v) is 1.79. The lowest BCUT2D eigenvalue weighted by Crippen LogP contribution is -2.03. The van der Waals surface area contributed by atoms with Gasteiger partial charge in [0.2, 0.25) is 0 Å². The zero-order valence-electron chi connectivity index (χ0n) is 9.74. The Morgan fingerprint density at radius 2 is 2.11 bits per heavy atom. The number of rotatable bonds is 3. The molecule has 0 amide bonds. The second-order valence-electron chi connectivity index (χ2n) is 3.82. The van der Waals surface area contributed by atoms with Gasteiger partial charge in [-0.3, -0.25) is 9.78 Å². The number of hydrogen-bond acceptors (Lipinski definition) is 3. The van der Waals surface area contributed by atoms with Gasteiger partial charge in [0, 0.05) is 35.2 Å². The molecule has 5 heteroatoms. The van der Waals surface area contributed by atoms with Crippen LogP contribution in [0, 0.1) is 11.6 Å². The van der Waals surface area contributed by atoms with Gasteiger partial charge in [-0.2, -0.15) is 0 Å². The first-order valence-electron chi connectivity index (χ1n) is 5.41. The molecule has 0 radical (unpaired) electrons. The molecule has 18 heavy (non-hydrogen) atoms. The molecule has 0 N–H and O–H groups in total. The Labute approximate surface area is 102 Å². The standard InChI is InChI=1S/C13H11F2NO2/c1-18-13(17)3-2-12-10-6-8(14)7-11(15)9(10)4-5-16-12/h4-7H,2-3H2,1H3. The van der Waals surface area contributed by atoms with Crippen LogP contribution in [-0.2, 0) is 16.0 Å². The zero-order chi connectivity index (χ0) is 13.1. The molecule has 0 aliphatic rings. The van der Waals surface area contributed by atoms with Crippen molar-refractivity contribution in [3.8, 4) is 0 Å². The summed E-state index contributed by atoms with van der Waals surface area (Å²) in [5.74, 6) is -1.68. The average molecular weight is 251 g/mol. The van der Waals surface area contributed by atoms with Crippen molar-refractivity contribution in [2.75, 3.05) is 7.11 Å². The van der Waals surface area contributed by atoms with Crippen molar-refractivity contribution < 1.29 is 18.3 Å². The molecule has 3 nitrogen and oxygen atoms in total. The molecule has 0 bridgehead atoms. The van der Waals surface area contributed by atoms with Crippen LogP contribution in [0.15, 0.2) is 24.4 Å². The molecule has 0 fully saturated rings. The highest BCUT2D eigenvalue weighted by atomic mass is 19.1. The van der Waals surface area contributed by atoms with E-state index in [4.69, 9.17) is 0 Å². The molecule has 2 aromatic rings. The minimum atomic E-state index is -0.660. The van der Waals surface area contributed by atoms with Gasteiger partial charge in [-0.25, -0.2) is 8.78 Å². The number of hydrogen-bond donors (Lipinski definition) is 0. The summed E-state index contributed by atoms with van der Waals surface area (Å²) < 4.78 is 31.2. The van der Waals surface area contributed by atoms with Crippen LogP contribution < -0.4 is 0 Å². The highest BCUT2D eigenvalue weighted by molar-refractivity contribution is 5.85. The molecule has 1 aromatic heterocycles. The van der Waals surface area contributed by atoms with Gasteiger partial charge in [-0.1, -0.05) is 0 Å². The summed E-state index contributed by atoms with van der Waals surface area (Å²) in [7, 11) is 1.29. The summed E-state index contributed by atoms with van der Waals surface area (Å²) in [6.45, 7) is 0. The van der Waals surface area contributed by atoms with E-state index < -0.39 is 11.6 Å². The SMILES string of the molecule is COC(=O)CCc1nccc2c(F)cc(F)cc12. The predicted molar refractivity (Wildman–Crippen MR) is 62.0 cm³/mol. The van der Waals surface area contributed by atoms with E-state index in [0.717, 1.165) is 6.07 Å². The summed E-state index contributed by atoms with van der Waals surface area (Å²) in [5.41, 5.74) is 0.483. The van der Waals surface area contributed by atoms with Crippen molar-refractivity contribution in [2.45, 2.75) is 12.8 Å². The number of esters is 1. The van der Waals surface area contributed by atoms with Crippen molar-refractivity contribution >= 4 is 16.7 Å². The number of benzene rings is 1. The molecule has 0 saturated heterocycles. The Kier molecular flexibility index (Phi) is 3.50. The summed E-state index contributed by atoms with van der Waals surface area (Å²) in [4.78, 5) is 15.1. The molecule has 1 aromatic carbocycles. The summed E-state index contributed by atoms with van der Waals surface area (Å²) in [5, 5.41) is 0.685. The zero-order valence-corrected chi connectivity index (χ0v) is 9.74. The van der Waals surface area contributed by atoms with Gasteiger partial charge in [0.15, 0.2) is 0 Å². The molecule has 0 saturated carbocycles. The highest BCUT2D eigenvalue weighted by Gasteiger charge is 2.10. The smallest absolute Gasteiger partial charge is 0.305 e. The van der Waals surface area contributed by atoms with E-state index in [2.05, 4.69) is 9.72 Å². The molecule has 0 aliphatic carbocycles. The number of methoxy groups -OCH3 is 1. The highest BCUT2D eigenvalue weighted by Crippen LogP contribution is 2.22. The fraction of sp³-hybridized carbons (Fsp3) is 0.231. The second kappa shape index (κ2) is 5.08. The third kappa shape index (κ3) is 2.45. The van der Waals surface area contributed by atoms with E-state index >= 15 is 0 Å². The van der Waals surface area contributed by atoms with Crippen LogP contribution in [0.1, 0.15) is 12.1 Å². The number of nitrogens with zero attached hydrogens (tertiary/aromatic N) is 1. The van der Waals surface area contributed by atoms with Gasteiger partial charge in [0.1, 0.15) is 11.6 Å². The number of fused-ring (bicyclic) bond motifs is 1. The molecular formula is C13H11F2NO2. The lowest BCUT2D eigenvalue weighted by Gasteiger charge is -2.06. The largest absolute Gasteiger partial charge is 0.469 e. The maximum absolute atomic E-state index is 13.5. The third-order valence-electron chi connectivity index (χ3n) is 2.67. The number of pyridine rings is 1. The van der Waals surface area contributed by atoms with E-state index in [-0.39, 0.29) is 18.8 Å². The van der Waals surface area contributed by atoms with E-state index in [1.165, 1.54) is 25.4 Å². The molecule has 0 spiro atoms. The normalized spacial score (nSPS) is 10.6. The topological polar surface area (TPSA) is 39.2 Å². The maximum Gasteiger partial charge on any atom is 0.305 e. The van der Waals surface area contributed by atoms with Crippen molar-refractivity contribution in [1.82, 2.24) is 4.98 Å². The molecular weight excluding hydrogens is 240 g/mol. The van der Waals surface area contributed by atoms with Crippen LogP contribution in [0.4, 0.5) is 8.78 Å². The summed E-state index contributed by atoms with van der Waals surface area (Å²) in [6, 6.07) is 3.52. The Morgan fingerprint density at radius 1 is 1.33 bits per heavy atom. The van der Waals surface area contributed by atoms with Gasteiger partial charge in [-0.15, -0.1) is 0 Å². The van der Waals surface area contributed by atoms with Gasteiger partial charge >= 0.3 is 5.97 Å². The molecule has 2 rings (SSSR count). The summed E-state index contributed by atoms with van der Waals surface area (Å²) >= 11 is 0. The first-order valence-corrected chi connectivity index (χ1v) is 5.41. The molecule has 1 heterocycles. The number of carbonyl (C=O) groups is 1. The number of halogens is 2. The van der Waals surface area contributed by atoms with Crippen molar-refractivity contribution in [3.63, 3.8) is 0 Å². The molecule has 0 atom stereocenters. The van der Waals surface area contributed by atoms with E-state index in [1.807, 2.05) is 0 Å². The first-order chi connectivity index (χ1) is 8.61. The maximum atomic E-state index is 13.5. The van der Waals surface area contributed by atoms with Crippen LogP contribution in [0.3, 0.4) is 0 Å².